The molecule has 3 nitrogen and oxygen atoms in total. The molecule has 1 amide bonds. The number of nitrogens with one attached hydrogen (secondary N) is 1. The van der Waals surface area contributed by atoms with E-state index in [2.05, 4.69) is 101 Å². The average Bonchev–Trinajstić information content (AvgIpc) is 3.21. The smallest absolute Gasteiger partial charge is 0.222 e. The number of carbonyl (C=O) groups excluding carboxylic acids is 1. The molecule has 0 aromatic heterocycles. The van der Waals surface area contributed by atoms with E-state index in [0.29, 0.717) is 13.0 Å². The van der Waals surface area contributed by atoms with Gasteiger partial charge in [0, 0.05) is 24.5 Å². The Bertz CT molecular complexity index is 1460. The summed E-state index contributed by atoms with van der Waals surface area (Å²) in [4.78, 5) is 12.5. The highest BCUT2D eigenvalue weighted by Crippen LogP contribution is 2.48. The number of fused-ring (bicyclic) bond motifs is 1. The highest BCUT2D eigenvalue weighted by molar-refractivity contribution is 5.83. The van der Waals surface area contributed by atoms with Crippen LogP contribution in [0.4, 0.5) is 0 Å². The SMILES string of the molecule is CCCC(=O)NC(OCC)C(=CC=Cc1cccc(C2C(C)=C(C)c3c(C)cc(C)c(C)c32)c1)c1ccccc1. The fraction of sp³-hybridized carbons (Fsp3) is 0.324. The van der Waals surface area contributed by atoms with Gasteiger partial charge in [-0.25, -0.2) is 0 Å². The van der Waals surface area contributed by atoms with Gasteiger partial charge in [0.2, 0.25) is 5.91 Å². The van der Waals surface area contributed by atoms with Crippen LogP contribution < -0.4 is 5.32 Å². The molecule has 0 saturated heterocycles. The molecule has 1 aliphatic carbocycles. The van der Waals surface area contributed by atoms with Crippen LogP contribution in [0.15, 0.2) is 78.4 Å². The highest BCUT2D eigenvalue weighted by Gasteiger charge is 2.31. The van der Waals surface area contributed by atoms with E-state index in [0.717, 1.165) is 23.1 Å². The zero-order valence-corrected chi connectivity index (χ0v) is 25.1. The van der Waals surface area contributed by atoms with Crippen molar-refractivity contribution in [2.45, 2.75) is 73.5 Å². The Kier molecular flexibility index (Phi) is 9.60. The molecule has 0 radical (unpaired) electrons. The van der Waals surface area contributed by atoms with Gasteiger partial charge in [-0.15, -0.1) is 0 Å². The summed E-state index contributed by atoms with van der Waals surface area (Å²) >= 11 is 0. The van der Waals surface area contributed by atoms with Crippen LogP contribution >= 0.6 is 0 Å². The van der Waals surface area contributed by atoms with Crippen molar-refractivity contribution in [1.29, 1.82) is 0 Å². The summed E-state index contributed by atoms with van der Waals surface area (Å²) in [5.41, 5.74) is 14.3. The van der Waals surface area contributed by atoms with Gasteiger partial charge in [-0.1, -0.05) is 91.4 Å². The largest absolute Gasteiger partial charge is 0.354 e. The molecule has 40 heavy (non-hydrogen) atoms. The first kappa shape index (κ1) is 29.3. The van der Waals surface area contributed by atoms with Gasteiger partial charge in [-0.2, -0.15) is 0 Å². The summed E-state index contributed by atoms with van der Waals surface area (Å²) < 4.78 is 6.01. The quantitative estimate of drug-likeness (QED) is 0.209. The molecular formula is C37H43NO2. The lowest BCUT2D eigenvalue weighted by atomic mass is 9.83. The Morgan fingerprint density at radius 1 is 0.950 bits per heavy atom. The lowest BCUT2D eigenvalue weighted by molar-refractivity contribution is -0.124. The fourth-order valence-electron chi connectivity index (χ4n) is 5.92. The monoisotopic (exact) mass is 533 g/mol. The van der Waals surface area contributed by atoms with E-state index in [1.165, 1.54) is 44.5 Å². The third-order valence-electron chi connectivity index (χ3n) is 8.08. The standard InChI is InChI=1S/C37H43NO2/c1-8-15-33(39)38-37(40-9-2)32(30-18-11-10-12-19-30)21-14-17-29-16-13-20-31(23-29)35-28(7)27(6)34-25(4)22-24(3)26(5)36(34)35/h10-14,16-23,35,37H,8-9,15H2,1-7H3,(H,38,39). The predicted octanol–water partition coefficient (Wildman–Crippen LogP) is 8.93. The molecule has 0 fully saturated rings. The van der Waals surface area contributed by atoms with E-state index in [-0.39, 0.29) is 11.8 Å². The van der Waals surface area contributed by atoms with Crippen LogP contribution in [0.25, 0.3) is 17.2 Å². The minimum absolute atomic E-state index is 0.00390. The molecule has 3 aromatic carbocycles. The van der Waals surface area contributed by atoms with Gasteiger partial charge in [0.1, 0.15) is 0 Å². The summed E-state index contributed by atoms with van der Waals surface area (Å²) in [6.45, 7) is 15.7. The Hall–Kier alpha value is -3.69. The van der Waals surface area contributed by atoms with Crippen LogP contribution in [0.1, 0.15) is 91.0 Å². The summed E-state index contributed by atoms with van der Waals surface area (Å²) in [6.07, 6.45) is 7.02. The normalized spacial score (nSPS) is 16.0. The molecule has 208 valence electrons. The maximum absolute atomic E-state index is 12.5. The number of ether oxygens (including phenoxy) is 1. The number of aryl methyl sites for hydroxylation is 2. The first-order valence-corrected chi connectivity index (χ1v) is 14.5. The molecule has 0 aliphatic heterocycles. The van der Waals surface area contributed by atoms with Gasteiger partial charge in [0.25, 0.3) is 0 Å². The lowest BCUT2D eigenvalue weighted by Crippen LogP contribution is -2.37. The Morgan fingerprint density at radius 3 is 2.40 bits per heavy atom. The van der Waals surface area contributed by atoms with E-state index in [4.69, 9.17) is 4.74 Å². The van der Waals surface area contributed by atoms with Crippen molar-refractivity contribution in [1.82, 2.24) is 5.32 Å². The molecule has 3 heteroatoms. The summed E-state index contributed by atoms with van der Waals surface area (Å²) in [5, 5.41) is 3.08. The maximum atomic E-state index is 12.5. The minimum Gasteiger partial charge on any atom is -0.354 e. The van der Waals surface area contributed by atoms with Crippen molar-refractivity contribution in [3.63, 3.8) is 0 Å². The average molecular weight is 534 g/mol. The van der Waals surface area contributed by atoms with Crippen molar-refractivity contribution in [3.05, 3.63) is 123 Å². The zero-order chi connectivity index (χ0) is 28.8. The van der Waals surface area contributed by atoms with Gasteiger partial charge in [-0.05, 0) is 98.0 Å². The second kappa shape index (κ2) is 13.1. The number of amides is 1. The molecule has 4 rings (SSSR count). The molecule has 0 saturated carbocycles. The second-order valence-electron chi connectivity index (χ2n) is 10.8. The second-order valence-corrected chi connectivity index (χ2v) is 10.8. The maximum Gasteiger partial charge on any atom is 0.222 e. The summed E-state index contributed by atoms with van der Waals surface area (Å²) in [6, 6.07) is 21.3. The molecule has 2 unspecified atom stereocenters. The van der Waals surface area contributed by atoms with Gasteiger partial charge in [0.05, 0.1) is 0 Å². The number of allylic oxidation sites excluding steroid dienone is 4. The lowest BCUT2D eigenvalue weighted by Gasteiger charge is -2.22. The molecule has 2 atom stereocenters. The number of hydrogen-bond donors (Lipinski definition) is 1. The molecule has 1 N–H and O–H groups in total. The Labute approximate surface area is 240 Å². The van der Waals surface area contributed by atoms with Crippen LogP contribution in [0, 0.1) is 20.8 Å². The third kappa shape index (κ3) is 6.21. The first-order chi connectivity index (χ1) is 19.3. The molecule has 0 spiro atoms. The van der Waals surface area contributed by atoms with Gasteiger partial charge >= 0.3 is 0 Å². The van der Waals surface area contributed by atoms with E-state index in [1.54, 1.807) is 0 Å². The molecule has 0 bridgehead atoms. The van der Waals surface area contributed by atoms with Gasteiger partial charge in [-0.3, -0.25) is 4.79 Å². The highest BCUT2D eigenvalue weighted by atomic mass is 16.5. The predicted molar refractivity (Wildman–Crippen MR) is 169 cm³/mol. The summed E-state index contributed by atoms with van der Waals surface area (Å²) in [7, 11) is 0. The fourth-order valence-corrected chi connectivity index (χ4v) is 5.92. The van der Waals surface area contributed by atoms with E-state index >= 15 is 0 Å². The third-order valence-corrected chi connectivity index (χ3v) is 8.08. The van der Waals surface area contributed by atoms with Crippen molar-refractivity contribution in [2.75, 3.05) is 6.61 Å². The van der Waals surface area contributed by atoms with Crippen LogP contribution in [0.2, 0.25) is 0 Å². The summed E-state index contributed by atoms with van der Waals surface area (Å²) in [5.74, 6) is 0.268. The van der Waals surface area contributed by atoms with Gasteiger partial charge < -0.3 is 10.1 Å². The van der Waals surface area contributed by atoms with Crippen molar-refractivity contribution >= 4 is 23.1 Å². The number of carbonyl (C=O) groups is 1. The molecule has 3 aromatic rings. The number of rotatable bonds is 10. The van der Waals surface area contributed by atoms with Crippen LogP contribution in [0.5, 0.6) is 0 Å². The number of benzene rings is 3. The molecule has 1 aliphatic rings. The number of hydrogen-bond acceptors (Lipinski definition) is 2. The molecular weight excluding hydrogens is 490 g/mol. The van der Waals surface area contributed by atoms with Crippen LogP contribution in [-0.2, 0) is 9.53 Å². The van der Waals surface area contributed by atoms with Crippen molar-refractivity contribution in [2.24, 2.45) is 0 Å². The Morgan fingerprint density at radius 2 is 1.70 bits per heavy atom. The topological polar surface area (TPSA) is 38.3 Å². The van der Waals surface area contributed by atoms with E-state index < -0.39 is 6.23 Å². The van der Waals surface area contributed by atoms with Crippen LogP contribution in [0.3, 0.4) is 0 Å². The van der Waals surface area contributed by atoms with Crippen molar-refractivity contribution < 1.29 is 9.53 Å². The van der Waals surface area contributed by atoms with Crippen LogP contribution in [-0.4, -0.2) is 18.7 Å². The minimum atomic E-state index is -0.511. The van der Waals surface area contributed by atoms with Gasteiger partial charge in [0.15, 0.2) is 6.23 Å². The first-order valence-electron chi connectivity index (χ1n) is 14.5. The molecule has 0 heterocycles. The van der Waals surface area contributed by atoms with E-state index in [9.17, 15) is 4.79 Å². The van der Waals surface area contributed by atoms with E-state index in [1.807, 2.05) is 32.0 Å². The zero-order valence-electron chi connectivity index (χ0n) is 25.1. The van der Waals surface area contributed by atoms with Crippen molar-refractivity contribution in [3.8, 4) is 0 Å². The Balaban J connectivity index is 1.69.